The Kier molecular flexibility index (Phi) is 2.88. The van der Waals surface area contributed by atoms with Crippen molar-refractivity contribution in [2.45, 2.75) is 30.3 Å². The number of aliphatic hydroxyl groups excluding tert-OH is 4. The van der Waals surface area contributed by atoms with Crippen LogP contribution in [0.15, 0.2) is 0 Å². The van der Waals surface area contributed by atoms with Gasteiger partial charge in [-0.1, -0.05) is 0 Å². The second-order valence-electron chi connectivity index (χ2n) is 3.02. The van der Waals surface area contributed by atoms with Crippen LogP contribution in [0, 0.1) is 0 Å². The quantitative estimate of drug-likeness (QED) is 0.235. The van der Waals surface area contributed by atoms with Crippen LogP contribution in [0.25, 0.3) is 0 Å². The summed E-state index contributed by atoms with van der Waals surface area (Å²) < 4.78 is 4.56. The molecule has 1 heterocycles. The summed E-state index contributed by atoms with van der Waals surface area (Å²) in [5.74, 6) is 0. The zero-order valence-electron chi connectivity index (χ0n) is 6.74. The van der Waals surface area contributed by atoms with Gasteiger partial charge in [-0.25, -0.2) is 0 Å². The van der Waals surface area contributed by atoms with Gasteiger partial charge in [-0.3, -0.25) is 5.73 Å². The molecule has 78 valence electrons. The summed E-state index contributed by atoms with van der Waals surface area (Å²) in [7, 11) is 0. The van der Waals surface area contributed by atoms with Crippen LogP contribution in [0.5, 0.6) is 0 Å². The van der Waals surface area contributed by atoms with E-state index < -0.39 is 36.9 Å². The molecule has 0 aromatic carbocycles. The van der Waals surface area contributed by atoms with Gasteiger partial charge in [0.05, 0.1) is 6.61 Å². The van der Waals surface area contributed by atoms with Crippen LogP contribution >= 0.6 is 0 Å². The molecule has 1 saturated heterocycles. The molecule has 0 radical (unpaired) electrons. The fraction of sp³-hybridized carbons (Fsp3) is 1.00. The summed E-state index contributed by atoms with van der Waals surface area (Å²) in [4.78, 5) is 0. The van der Waals surface area contributed by atoms with E-state index in [1.165, 1.54) is 0 Å². The molecule has 7 nitrogen and oxygen atoms in total. The van der Waals surface area contributed by atoms with Crippen LogP contribution in [-0.2, 0) is 4.74 Å². The molecule has 0 saturated carbocycles. The molecule has 0 bridgehead atoms. The third-order valence-corrected chi connectivity index (χ3v) is 2.06. The van der Waals surface area contributed by atoms with E-state index in [4.69, 9.17) is 21.1 Å². The Morgan fingerprint density at radius 1 is 1.23 bits per heavy atom. The third-order valence-electron chi connectivity index (χ3n) is 2.06. The minimum absolute atomic E-state index is 0.621. The summed E-state index contributed by atoms with van der Waals surface area (Å²) in [5, 5.41) is 45.3. The Balaban J connectivity index is 2.82. The van der Waals surface area contributed by atoms with E-state index in [0.29, 0.717) is 0 Å². The van der Waals surface area contributed by atoms with E-state index in [1.54, 1.807) is 0 Å². The normalized spacial score (nSPS) is 52.2. The van der Waals surface area contributed by atoms with Crippen LogP contribution in [0.1, 0.15) is 0 Å². The van der Waals surface area contributed by atoms with Gasteiger partial charge in [-0.05, 0) is 0 Å². The maximum Gasteiger partial charge on any atom is 0.185 e. The number of aliphatic hydroxyl groups is 5. The van der Waals surface area contributed by atoms with Crippen LogP contribution in [0.2, 0.25) is 0 Å². The first-order valence-electron chi connectivity index (χ1n) is 3.73. The van der Waals surface area contributed by atoms with Crippen molar-refractivity contribution in [1.82, 2.24) is 0 Å². The van der Waals surface area contributed by atoms with Crippen molar-refractivity contribution in [1.29, 1.82) is 0 Å². The molecule has 1 unspecified atom stereocenters. The first-order chi connectivity index (χ1) is 5.91. The fourth-order valence-electron chi connectivity index (χ4n) is 1.17. The lowest BCUT2D eigenvalue weighted by Gasteiger charge is -2.43. The van der Waals surface area contributed by atoms with Gasteiger partial charge < -0.3 is 30.3 Å². The van der Waals surface area contributed by atoms with Gasteiger partial charge in [0.1, 0.15) is 18.3 Å². The Morgan fingerprint density at radius 3 is 2.23 bits per heavy atom. The van der Waals surface area contributed by atoms with Crippen molar-refractivity contribution >= 4 is 0 Å². The highest BCUT2D eigenvalue weighted by Gasteiger charge is 2.52. The molecule has 7 N–H and O–H groups in total. The summed E-state index contributed by atoms with van der Waals surface area (Å²) >= 11 is 0. The Bertz CT molecular complexity index is 186. The summed E-state index contributed by atoms with van der Waals surface area (Å²) in [6.07, 6.45) is -6.41. The molecule has 1 aliphatic heterocycles. The Morgan fingerprint density at radius 2 is 1.77 bits per heavy atom. The van der Waals surface area contributed by atoms with Gasteiger partial charge in [-0.2, -0.15) is 0 Å². The largest absolute Gasteiger partial charge is 0.394 e. The SMILES string of the molecule is N[C@@]1(O)[C@@H](O)C(O)O[C@H](CO)[C@@H]1O. The molecule has 5 atom stereocenters. The minimum atomic E-state index is -2.38. The molecular formula is C6H13NO6. The van der Waals surface area contributed by atoms with Crippen molar-refractivity contribution in [3.8, 4) is 0 Å². The number of hydrogen-bond donors (Lipinski definition) is 6. The first kappa shape index (κ1) is 10.8. The summed E-state index contributed by atoms with van der Waals surface area (Å²) in [6, 6.07) is 0. The zero-order valence-corrected chi connectivity index (χ0v) is 6.74. The monoisotopic (exact) mass is 195 g/mol. The maximum absolute atomic E-state index is 9.31. The number of hydrogen-bond acceptors (Lipinski definition) is 7. The first-order valence-corrected chi connectivity index (χ1v) is 3.73. The summed E-state index contributed by atoms with van der Waals surface area (Å²) in [6.45, 7) is -0.621. The lowest BCUT2D eigenvalue weighted by atomic mass is 9.93. The predicted molar refractivity (Wildman–Crippen MR) is 39.1 cm³/mol. The Labute approximate surface area is 74.0 Å². The second-order valence-corrected chi connectivity index (χ2v) is 3.02. The number of ether oxygens (including phenoxy) is 1. The molecule has 0 spiro atoms. The lowest BCUT2D eigenvalue weighted by molar-refractivity contribution is -0.320. The van der Waals surface area contributed by atoms with Crippen molar-refractivity contribution in [2.75, 3.05) is 6.61 Å². The van der Waals surface area contributed by atoms with Gasteiger partial charge in [0.25, 0.3) is 0 Å². The second kappa shape index (κ2) is 3.46. The average molecular weight is 195 g/mol. The molecule has 1 fully saturated rings. The van der Waals surface area contributed by atoms with E-state index in [0.717, 1.165) is 0 Å². The Hall–Kier alpha value is -0.280. The molecule has 1 aliphatic rings. The number of rotatable bonds is 1. The van der Waals surface area contributed by atoms with E-state index in [-0.39, 0.29) is 0 Å². The van der Waals surface area contributed by atoms with Gasteiger partial charge >= 0.3 is 0 Å². The standard InChI is InChI=1S/C6H13NO6/c7-6(12)3(9)2(1-8)13-5(11)4(6)10/h2-5,8-12H,1,7H2/t2-,3+,4+,5?,6+/m1/s1. The highest BCUT2D eigenvalue weighted by molar-refractivity contribution is 4.97. The highest BCUT2D eigenvalue weighted by Crippen LogP contribution is 2.24. The zero-order chi connectivity index (χ0) is 10.2. The maximum atomic E-state index is 9.31. The van der Waals surface area contributed by atoms with Crippen LogP contribution in [-0.4, -0.2) is 62.5 Å². The van der Waals surface area contributed by atoms with E-state index in [2.05, 4.69) is 4.74 Å². The molecule has 0 aromatic heterocycles. The smallest absolute Gasteiger partial charge is 0.185 e. The van der Waals surface area contributed by atoms with Crippen LogP contribution in [0.3, 0.4) is 0 Å². The highest BCUT2D eigenvalue weighted by atomic mass is 16.6. The van der Waals surface area contributed by atoms with Crippen molar-refractivity contribution in [3.05, 3.63) is 0 Å². The van der Waals surface area contributed by atoms with Gasteiger partial charge in [-0.15, -0.1) is 0 Å². The molecule has 0 aliphatic carbocycles. The molecule has 0 amide bonds. The lowest BCUT2D eigenvalue weighted by Crippen LogP contribution is -2.71. The number of nitrogens with two attached hydrogens (primary N) is 1. The van der Waals surface area contributed by atoms with Gasteiger partial charge in [0, 0.05) is 0 Å². The van der Waals surface area contributed by atoms with Gasteiger partial charge in [0.15, 0.2) is 12.0 Å². The van der Waals surface area contributed by atoms with Crippen LogP contribution < -0.4 is 5.73 Å². The van der Waals surface area contributed by atoms with Crippen LogP contribution in [0.4, 0.5) is 0 Å². The molecular weight excluding hydrogens is 182 g/mol. The minimum Gasteiger partial charge on any atom is -0.394 e. The molecule has 13 heavy (non-hydrogen) atoms. The molecule has 0 aromatic rings. The van der Waals surface area contributed by atoms with E-state index in [9.17, 15) is 10.2 Å². The topological polar surface area (TPSA) is 136 Å². The van der Waals surface area contributed by atoms with E-state index >= 15 is 0 Å². The van der Waals surface area contributed by atoms with Crippen molar-refractivity contribution < 1.29 is 30.3 Å². The molecule has 1 rings (SSSR count). The predicted octanol–water partition coefficient (Wildman–Crippen LogP) is -3.94. The van der Waals surface area contributed by atoms with Crippen molar-refractivity contribution in [2.24, 2.45) is 5.73 Å². The average Bonchev–Trinajstić information content (AvgIpc) is 2.09. The van der Waals surface area contributed by atoms with E-state index in [1.807, 2.05) is 0 Å². The fourth-order valence-corrected chi connectivity index (χ4v) is 1.17. The van der Waals surface area contributed by atoms with Gasteiger partial charge in [0.2, 0.25) is 0 Å². The third kappa shape index (κ3) is 1.67. The summed E-state index contributed by atoms with van der Waals surface area (Å²) in [5.41, 5.74) is 2.74. The van der Waals surface area contributed by atoms with Crippen molar-refractivity contribution in [3.63, 3.8) is 0 Å². The molecule has 7 heteroatoms.